The fourth-order valence-corrected chi connectivity index (χ4v) is 8.42. The topological polar surface area (TPSA) is 170 Å². The van der Waals surface area contributed by atoms with E-state index >= 15 is 0 Å². The van der Waals surface area contributed by atoms with E-state index in [-0.39, 0.29) is 47.8 Å². The number of ether oxygens (including phenoxy) is 1. The Morgan fingerprint density at radius 2 is 1.88 bits per heavy atom. The third-order valence-corrected chi connectivity index (χ3v) is 11.5. The van der Waals surface area contributed by atoms with Gasteiger partial charge < -0.3 is 19.6 Å². The number of thioether (sulfide) groups is 1. The number of alkyl halides is 3. The molecule has 3 N–H and O–H groups in total. The van der Waals surface area contributed by atoms with Crippen LogP contribution in [0.2, 0.25) is 0 Å². The number of nitrogens with zero attached hydrogens (tertiary/aromatic N) is 6. The zero-order chi connectivity index (χ0) is 34.9. The molecular weight excluding hydrogens is 690 g/mol. The van der Waals surface area contributed by atoms with E-state index < -0.39 is 27.9 Å². The quantitative estimate of drug-likeness (QED) is 0.260. The number of piperidine rings is 1. The molecule has 14 nitrogen and oxygen atoms in total. The minimum absolute atomic E-state index is 0.0125. The number of aliphatic hydroxyl groups excluding tert-OH is 1. The zero-order valence-corrected chi connectivity index (χ0v) is 28.5. The number of β-amino-alcohol motifs (C(OH)–C–C–N with tert-alkyl or cyclic N) is 1. The van der Waals surface area contributed by atoms with Crippen molar-refractivity contribution in [3.05, 3.63) is 51.3 Å². The molecule has 5 heterocycles. The largest absolute Gasteiger partial charge is 0.417 e. The number of morpholine rings is 1. The summed E-state index contributed by atoms with van der Waals surface area (Å²) in [6.07, 6.45) is -2.58. The van der Waals surface area contributed by atoms with Crippen LogP contribution in [0.5, 0.6) is 0 Å². The summed E-state index contributed by atoms with van der Waals surface area (Å²) in [7, 11) is -3.58. The highest BCUT2D eigenvalue weighted by Crippen LogP contribution is 2.40. The lowest BCUT2D eigenvalue weighted by molar-refractivity contribution is -0.139. The van der Waals surface area contributed by atoms with Gasteiger partial charge in [0, 0.05) is 66.8 Å². The Kier molecular flexibility index (Phi) is 10.6. The summed E-state index contributed by atoms with van der Waals surface area (Å²) in [4.78, 5) is 30.5. The van der Waals surface area contributed by atoms with Crippen molar-refractivity contribution in [3.63, 3.8) is 0 Å². The number of hydrogen-bond donors (Lipinski definition) is 3. The van der Waals surface area contributed by atoms with Crippen molar-refractivity contribution in [2.75, 3.05) is 64.5 Å². The molecule has 0 spiro atoms. The summed E-state index contributed by atoms with van der Waals surface area (Å²) in [6, 6.07) is 3.65. The first kappa shape index (κ1) is 35.6. The van der Waals surface area contributed by atoms with Crippen LogP contribution < -0.4 is 5.69 Å². The molecule has 0 aliphatic carbocycles. The lowest BCUT2D eigenvalue weighted by Crippen LogP contribution is -2.41. The molecule has 49 heavy (non-hydrogen) atoms. The number of halogens is 3. The molecule has 19 heteroatoms. The number of nitrogens with one attached hydrogen (secondary N) is 2. The van der Waals surface area contributed by atoms with Gasteiger partial charge in [-0.3, -0.25) is 14.5 Å². The van der Waals surface area contributed by atoms with E-state index in [1.165, 1.54) is 16.4 Å². The summed E-state index contributed by atoms with van der Waals surface area (Å²) in [5.74, 6) is 0.253. The third kappa shape index (κ3) is 8.39. The second kappa shape index (κ2) is 14.6. The highest BCUT2D eigenvalue weighted by atomic mass is 32.2. The summed E-state index contributed by atoms with van der Waals surface area (Å²) in [6.45, 7) is 3.51. The fourth-order valence-electron chi connectivity index (χ4n) is 6.62. The van der Waals surface area contributed by atoms with E-state index in [9.17, 15) is 36.3 Å². The Balaban J connectivity index is 1.23. The van der Waals surface area contributed by atoms with Crippen LogP contribution in [0, 0.1) is 0 Å². The normalized spacial score (nSPS) is 19.2. The van der Waals surface area contributed by atoms with Gasteiger partial charge in [0.05, 0.1) is 49.1 Å². The third-order valence-electron chi connectivity index (χ3n) is 9.19. The molecule has 1 unspecified atom stereocenters. The molecule has 3 aliphatic rings. The molecule has 2 fully saturated rings. The molecule has 1 aromatic carbocycles. The second-order valence-corrected chi connectivity index (χ2v) is 15.6. The smallest absolute Gasteiger partial charge is 0.390 e. The molecule has 0 radical (unpaired) electrons. The van der Waals surface area contributed by atoms with Crippen LogP contribution in [0.4, 0.5) is 13.2 Å². The first-order valence-corrected chi connectivity index (χ1v) is 18.9. The number of aromatic amines is 2. The predicted octanol–water partition coefficient (Wildman–Crippen LogP) is 1.49. The molecule has 0 saturated carbocycles. The number of hydrogen-bond acceptors (Lipinski definition) is 10. The van der Waals surface area contributed by atoms with E-state index in [1.54, 1.807) is 9.58 Å². The van der Waals surface area contributed by atoms with E-state index in [1.807, 2.05) is 0 Å². The Morgan fingerprint density at radius 3 is 2.53 bits per heavy atom. The number of sulfonamides is 1. The number of aromatic nitrogens is 5. The summed E-state index contributed by atoms with van der Waals surface area (Å²) in [5.41, 5.74) is 0.746. The number of carbonyl (C=O) groups is 1. The Hall–Kier alpha value is -3.23. The average Bonchev–Trinajstić information content (AvgIpc) is 3.66. The fraction of sp³-hybridized carbons (Fsp3) is 0.600. The number of rotatable bonds is 10. The van der Waals surface area contributed by atoms with E-state index in [0.717, 1.165) is 36.9 Å². The van der Waals surface area contributed by atoms with Gasteiger partial charge in [-0.1, -0.05) is 6.07 Å². The Morgan fingerprint density at radius 1 is 1.14 bits per heavy atom. The minimum atomic E-state index is -4.66. The molecular formula is C30H39F3N8O6S2. The van der Waals surface area contributed by atoms with Gasteiger partial charge in [0.1, 0.15) is 5.82 Å². The minimum Gasteiger partial charge on any atom is -0.390 e. The number of carbonyl (C=O) groups excluding carboxylic acids is 1. The predicted molar refractivity (Wildman–Crippen MR) is 173 cm³/mol. The SMILES string of the molecule is CS(=O)(=O)N1CCc2c(c(-c3ccc(C(F)(F)F)c(SCC(=O)N4CCOCC4)c3)nn2CC(O)CN2CCC(c3n[nH]c(=O)[nH]3)CC2)C1. The van der Waals surface area contributed by atoms with Crippen LogP contribution in [-0.4, -0.2) is 129 Å². The van der Waals surface area contributed by atoms with Crippen molar-refractivity contribution in [1.82, 2.24) is 39.1 Å². The first-order valence-electron chi connectivity index (χ1n) is 16.0. The zero-order valence-electron chi connectivity index (χ0n) is 26.9. The number of H-pyrrole nitrogens is 2. The van der Waals surface area contributed by atoms with Crippen molar-refractivity contribution < 1.29 is 36.2 Å². The van der Waals surface area contributed by atoms with Gasteiger partial charge in [0.2, 0.25) is 15.9 Å². The summed E-state index contributed by atoms with van der Waals surface area (Å²) < 4.78 is 75.5. The monoisotopic (exact) mass is 728 g/mol. The lowest BCUT2D eigenvalue weighted by Gasteiger charge is -2.32. The molecule has 2 aromatic heterocycles. The maximum absolute atomic E-state index is 14.1. The maximum Gasteiger partial charge on any atom is 0.417 e. The average molecular weight is 729 g/mol. The molecule has 1 amide bonds. The van der Waals surface area contributed by atoms with Gasteiger partial charge in [-0.25, -0.2) is 18.3 Å². The lowest BCUT2D eigenvalue weighted by atomic mass is 9.96. The number of aliphatic hydroxyl groups is 1. The number of amides is 1. The number of likely N-dealkylation sites (tertiary alicyclic amines) is 1. The van der Waals surface area contributed by atoms with Crippen LogP contribution in [0.1, 0.15) is 41.4 Å². The first-order chi connectivity index (χ1) is 23.3. The van der Waals surface area contributed by atoms with Crippen LogP contribution in [0.25, 0.3) is 11.3 Å². The molecule has 2 saturated heterocycles. The highest BCUT2D eigenvalue weighted by molar-refractivity contribution is 8.00. The molecule has 268 valence electrons. The van der Waals surface area contributed by atoms with Crippen LogP contribution in [-0.2, 0) is 45.2 Å². The summed E-state index contributed by atoms with van der Waals surface area (Å²) >= 11 is 0.802. The van der Waals surface area contributed by atoms with Gasteiger partial charge in [-0.2, -0.15) is 27.7 Å². The molecule has 6 rings (SSSR count). The van der Waals surface area contributed by atoms with Gasteiger partial charge >= 0.3 is 11.9 Å². The van der Waals surface area contributed by atoms with Gasteiger partial charge in [0.15, 0.2) is 0 Å². The number of fused-ring (bicyclic) bond motifs is 1. The molecule has 1 atom stereocenters. The highest BCUT2D eigenvalue weighted by Gasteiger charge is 2.36. The van der Waals surface area contributed by atoms with E-state index in [4.69, 9.17) is 9.84 Å². The molecule has 3 aliphatic heterocycles. The Bertz CT molecular complexity index is 1810. The summed E-state index contributed by atoms with van der Waals surface area (Å²) in [5, 5.41) is 22.3. The van der Waals surface area contributed by atoms with Crippen LogP contribution in [0.15, 0.2) is 27.9 Å². The van der Waals surface area contributed by atoms with E-state index in [0.29, 0.717) is 80.7 Å². The van der Waals surface area contributed by atoms with Gasteiger partial charge in [0.25, 0.3) is 0 Å². The van der Waals surface area contributed by atoms with Crippen molar-refractivity contribution in [1.29, 1.82) is 0 Å². The maximum atomic E-state index is 14.1. The Labute approximate surface area is 285 Å². The van der Waals surface area contributed by atoms with Gasteiger partial charge in [-0.05, 0) is 38.1 Å². The van der Waals surface area contributed by atoms with Gasteiger partial charge in [-0.15, -0.1) is 11.8 Å². The van der Waals surface area contributed by atoms with E-state index in [2.05, 4.69) is 20.1 Å². The molecule has 3 aromatic rings. The second-order valence-electron chi connectivity index (χ2n) is 12.6. The van der Waals surface area contributed by atoms with Crippen LogP contribution >= 0.6 is 11.8 Å². The number of benzene rings is 1. The van der Waals surface area contributed by atoms with Crippen molar-refractivity contribution in [2.24, 2.45) is 0 Å². The van der Waals surface area contributed by atoms with Crippen molar-refractivity contribution in [2.45, 2.75) is 55.4 Å². The molecule has 0 bridgehead atoms. The van der Waals surface area contributed by atoms with Crippen molar-refractivity contribution >= 4 is 27.7 Å². The van der Waals surface area contributed by atoms with Crippen LogP contribution in [0.3, 0.4) is 0 Å². The standard InChI is InChI=1S/C30H39F3N8O6S2/c1-49(45,46)40-9-6-24-22(17-40)27(37-41(24)16-21(42)15-38-7-4-19(5-8-38)28-34-29(44)36-35-28)20-2-3-23(30(31,32)33)25(14-20)48-18-26(43)39-10-12-47-13-11-39/h2-3,14,19,21,42H,4-13,15-18H2,1H3,(H2,34,35,36,44). The van der Waals surface area contributed by atoms with Crippen molar-refractivity contribution in [3.8, 4) is 11.3 Å².